The molecule has 4 heteroatoms. The highest BCUT2D eigenvalue weighted by atomic mass is 16.4. The lowest BCUT2D eigenvalue weighted by Gasteiger charge is -2.29. The van der Waals surface area contributed by atoms with Crippen LogP contribution in [0.2, 0.25) is 0 Å². The molecular weight excluding hydrogens is 216 g/mol. The number of hydrogen-bond donors (Lipinski definition) is 1. The van der Waals surface area contributed by atoms with Crippen molar-refractivity contribution in [2.24, 2.45) is 0 Å². The van der Waals surface area contributed by atoms with Crippen LogP contribution in [0.4, 0.5) is 5.69 Å². The van der Waals surface area contributed by atoms with Gasteiger partial charge in [0.25, 0.3) is 0 Å². The summed E-state index contributed by atoms with van der Waals surface area (Å²) in [4.78, 5) is 17.1. The Morgan fingerprint density at radius 2 is 2.24 bits per heavy atom. The first-order chi connectivity index (χ1) is 8.16. The molecule has 1 saturated carbocycles. The summed E-state index contributed by atoms with van der Waals surface area (Å²) in [7, 11) is 0. The number of nitrogens with zero attached hydrogens (tertiary/aromatic N) is 2. The number of aryl methyl sites for hydroxylation is 1. The summed E-state index contributed by atoms with van der Waals surface area (Å²) in [6.45, 7) is 2.01. The molecule has 2 rings (SSSR count). The van der Waals surface area contributed by atoms with Gasteiger partial charge in [-0.15, -0.1) is 0 Å². The average molecular weight is 234 g/mol. The van der Waals surface area contributed by atoms with E-state index in [0.717, 1.165) is 24.2 Å². The normalized spacial score (nSPS) is 16.1. The number of pyridine rings is 1. The average Bonchev–Trinajstić information content (AvgIpc) is 2.79. The van der Waals surface area contributed by atoms with Gasteiger partial charge in [-0.05, 0) is 31.9 Å². The van der Waals surface area contributed by atoms with Crippen LogP contribution in [0.15, 0.2) is 18.3 Å². The molecule has 1 aromatic heterocycles. The van der Waals surface area contributed by atoms with Gasteiger partial charge >= 0.3 is 5.97 Å². The van der Waals surface area contributed by atoms with E-state index in [1.807, 2.05) is 24.0 Å². The van der Waals surface area contributed by atoms with Gasteiger partial charge in [-0.25, -0.2) is 0 Å². The highest BCUT2D eigenvalue weighted by Gasteiger charge is 2.24. The van der Waals surface area contributed by atoms with Crippen LogP contribution in [0.3, 0.4) is 0 Å². The molecule has 1 aliphatic carbocycles. The Morgan fingerprint density at radius 1 is 1.53 bits per heavy atom. The minimum absolute atomic E-state index is 0.0775. The summed E-state index contributed by atoms with van der Waals surface area (Å²) in [6, 6.07) is 4.23. The van der Waals surface area contributed by atoms with Gasteiger partial charge in [0.05, 0.1) is 0 Å². The number of aliphatic carboxylic acids is 1. The van der Waals surface area contributed by atoms with E-state index in [0.29, 0.717) is 6.04 Å². The van der Waals surface area contributed by atoms with Gasteiger partial charge < -0.3 is 10.0 Å². The van der Waals surface area contributed by atoms with Crippen molar-refractivity contribution < 1.29 is 9.90 Å². The van der Waals surface area contributed by atoms with Crippen molar-refractivity contribution in [2.75, 3.05) is 11.4 Å². The molecule has 17 heavy (non-hydrogen) atoms. The molecule has 0 aliphatic heterocycles. The van der Waals surface area contributed by atoms with Crippen LogP contribution in [0.5, 0.6) is 0 Å². The molecular formula is C13H18N2O2. The van der Waals surface area contributed by atoms with Gasteiger partial charge in [0.2, 0.25) is 0 Å². The third-order valence-corrected chi connectivity index (χ3v) is 3.28. The minimum atomic E-state index is -0.772. The summed E-state index contributed by atoms with van der Waals surface area (Å²) in [5.41, 5.74) is 1.91. The first kappa shape index (κ1) is 11.9. The second kappa shape index (κ2) is 5.17. The van der Waals surface area contributed by atoms with Gasteiger partial charge in [0, 0.05) is 23.6 Å². The number of carbonyl (C=O) groups is 1. The van der Waals surface area contributed by atoms with Crippen LogP contribution in [0.25, 0.3) is 0 Å². The third kappa shape index (κ3) is 2.96. The number of carboxylic acids is 1. The highest BCUT2D eigenvalue weighted by molar-refractivity contribution is 5.74. The molecule has 1 fully saturated rings. The van der Waals surface area contributed by atoms with Crippen LogP contribution >= 0.6 is 0 Å². The number of aromatic nitrogens is 1. The molecule has 0 radical (unpaired) electrons. The molecule has 1 heterocycles. The van der Waals surface area contributed by atoms with Crippen LogP contribution in [0, 0.1) is 6.92 Å². The Balaban J connectivity index is 2.22. The maximum atomic E-state index is 11.0. The first-order valence-electron chi connectivity index (χ1n) is 6.08. The van der Waals surface area contributed by atoms with Gasteiger partial charge in [-0.1, -0.05) is 12.8 Å². The van der Waals surface area contributed by atoms with E-state index in [2.05, 4.69) is 4.98 Å². The molecule has 0 saturated heterocycles. The van der Waals surface area contributed by atoms with Crippen molar-refractivity contribution >= 4 is 11.7 Å². The molecule has 1 aromatic rings. The molecule has 0 aromatic carbocycles. The maximum absolute atomic E-state index is 11.0. The minimum Gasteiger partial charge on any atom is -0.480 e. The smallest absolute Gasteiger partial charge is 0.323 e. The molecule has 1 aliphatic rings. The van der Waals surface area contributed by atoms with E-state index in [1.165, 1.54) is 12.8 Å². The van der Waals surface area contributed by atoms with Crippen molar-refractivity contribution in [3.8, 4) is 0 Å². The Kier molecular flexibility index (Phi) is 3.61. The number of anilines is 1. The molecule has 0 spiro atoms. The summed E-state index contributed by atoms with van der Waals surface area (Å²) in [5, 5.41) is 9.02. The van der Waals surface area contributed by atoms with Crippen LogP contribution in [-0.4, -0.2) is 28.6 Å². The summed E-state index contributed by atoms with van der Waals surface area (Å²) < 4.78 is 0. The van der Waals surface area contributed by atoms with Crippen molar-refractivity contribution in [3.63, 3.8) is 0 Å². The van der Waals surface area contributed by atoms with Gasteiger partial charge in [-0.2, -0.15) is 0 Å². The Labute approximate surface area is 101 Å². The van der Waals surface area contributed by atoms with E-state index in [-0.39, 0.29) is 6.54 Å². The predicted octanol–water partition coefficient (Wildman–Crippen LogP) is 2.22. The van der Waals surface area contributed by atoms with E-state index in [4.69, 9.17) is 5.11 Å². The number of rotatable bonds is 4. The summed E-state index contributed by atoms with van der Waals surface area (Å²) in [5.74, 6) is -0.772. The topological polar surface area (TPSA) is 53.4 Å². The SMILES string of the molecule is Cc1cc(N(CC(=O)O)C2CCCC2)ccn1. The fourth-order valence-electron chi connectivity index (χ4n) is 2.50. The molecule has 0 unspecified atom stereocenters. The molecule has 92 valence electrons. The first-order valence-corrected chi connectivity index (χ1v) is 6.08. The van der Waals surface area contributed by atoms with Gasteiger partial charge in [-0.3, -0.25) is 9.78 Å². The molecule has 4 nitrogen and oxygen atoms in total. The largest absolute Gasteiger partial charge is 0.480 e. The number of carboxylic acid groups (broad SMARTS) is 1. The lowest BCUT2D eigenvalue weighted by atomic mass is 10.2. The Bertz CT molecular complexity index is 400. The van der Waals surface area contributed by atoms with Crippen molar-refractivity contribution in [2.45, 2.75) is 38.6 Å². The third-order valence-electron chi connectivity index (χ3n) is 3.28. The van der Waals surface area contributed by atoms with Crippen LogP contribution in [-0.2, 0) is 4.79 Å². The zero-order valence-electron chi connectivity index (χ0n) is 10.1. The van der Waals surface area contributed by atoms with Gasteiger partial charge in [0.1, 0.15) is 6.54 Å². The Morgan fingerprint density at radius 3 is 2.82 bits per heavy atom. The van der Waals surface area contributed by atoms with Crippen molar-refractivity contribution in [1.29, 1.82) is 0 Å². The van der Waals surface area contributed by atoms with E-state index in [1.54, 1.807) is 6.20 Å². The molecule has 0 atom stereocenters. The number of hydrogen-bond acceptors (Lipinski definition) is 3. The zero-order valence-corrected chi connectivity index (χ0v) is 10.1. The lowest BCUT2D eigenvalue weighted by molar-refractivity contribution is -0.135. The quantitative estimate of drug-likeness (QED) is 0.868. The Hall–Kier alpha value is -1.58. The van der Waals surface area contributed by atoms with Gasteiger partial charge in [0.15, 0.2) is 0 Å². The molecule has 1 N–H and O–H groups in total. The van der Waals surface area contributed by atoms with E-state index >= 15 is 0 Å². The molecule has 0 bridgehead atoms. The lowest BCUT2D eigenvalue weighted by Crippen LogP contribution is -2.37. The standard InChI is InChI=1S/C13H18N2O2/c1-10-8-12(6-7-14-10)15(9-13(16)17)11-4-2-3-5-11/h6-8,11H,2-5,9H2,1H3,(H,16,17). The zero-order chi connectivity index (χ0) is 12.3. The monoisotopic (exact) mass is 234 g/mol. The van der Waals surface area contributed by atoms with E-state index in [9.17, 15) is 4.79 Å². The highest BCUT2D eigenvalue weighted by Crippen LogP contribution is 2.28. The second-order valence-corrected chi connectivity index (χ2v) is 4.62. The second-order valence-electron chi connectivity index (χ2n) is 4.62. The van der Waals surface area contributed by atoms with Crippen molar-refractivity contribution in [1.82, 2.24) is 4.98 Å². The fraction of sp³-hybridized carbons (Fsp3) is 0.538. The van der Waals surface area contributed by atoms with Crippen molar-refractivity contribution in [3.05, 3.63) is 24.0 Å². The van der Waals surface area contributed by atoms with E-state index < -0.39 is 5.97 Å². The summed E-state index contributed by atoms with van der Waals surface area (Å²) in [6.07, 6.45) is 6.33. The maximum Gasteiger partial charge on any atom is 0.323 e. The molecule has 0 amide bonds. The summed E-state index contributed by atoms with van der Waals surface area (Å²) >= 11 is 0. The fourth-order valence-corrected chi connectivity index (χ4v) is 2.50. The predicted molar refractivity (Wildman–Crippen MR) is 66.2 cm³/mol. The van der Waals surface area contributed by atoms with Crippen LogP contribution < -0.4 is 4.90 Å². The van der Waals surface area contributed by atoms with Crippen LogP contribution in [0.1, 0.15) is 31.4 Å².